The molecule has 5 nitrogen and oxygen atoms in total. The molecule has 0 saturated heterocycles. The zero-order chi connectivity index (χ0) is 23.5. The van der Waals surface area contributed by atoms with Gasteiger partial charge in [-0.15, -0.1) is 0 Å². The minimum absolute atomic E-state index is 0. The van der Waals surface area contributed by atoms with Crippen LogP contribution in [0.4, 0.5) is 16.2 Å². The number of anilines is 2. The molecule has 0 saturated carbocycles. The van der Waals surface area contributed by atoms with E-state index in [1.807, 2.05) is 18.2 Å². The summed E-state index contributed by atoms with van der Waals surface area (Å²) in [5.41, 5.74) is 5.78. The molecule has 8 heteroatoms. The molecule has 1 heterocycles. The van der Waals surface area contributed by atoms with Gasteiger partial charge in [-0.05, 0) is 36.8 Å². The fourth-order valence-electron chi connectivity index (χ4n) is 3.51. The molecule has 3 aromatic rings. The van der Waals surface area contributed by atoms with E-state index in [2.05, 4.69) is 46.0 Å². The molecule has 184 valence electrons. The van der Waals surface area contributed by atoms with E-state index in [-0.39, 0.29) is 23.0 Å². The van der Waals surface area contributed by atoms with E-state index in [0.717, 1.165) is 24.2 Å². The first-order valence-corrected chi connectivity index (χ1v) is 12.9. The minimum atomic E-state index is -0.316. The predicted octanol–water partition coefficient (Wildman–Crippen LogP) is 4.43. The number of nitrogens with zero attached hydrogens (tertiary/aromatic N) is 1. The van der Waals surface area contributed by atoms with E-state index in [1.54, 1.807) is 29.5 Å². The van der Waals surface area contributed by atoms with Crippen LogP contribution in [0.25, 0.3) is 0 Å². The molecule has 0 fully saturated rings. The van der Waals surface area contributed by atoms with Crippen molar-refractivity contribution in [1.29, 1.82) is 0 Å². The molecule has 2 N–H and O–H groups in total. The van der Waals surface area contributed by atoms with Crippen molar-refractivity contribution in [2.75, 3.05) is 17.2 Å². The van der Waals surface area contributed by atoms with Gasteiger partial charge in [0.25, 0.3) is 0 Å². The van der Waals surface area contributed by atoms with Gasteiger partial charge in [0.2, 0.25) is 5.51 Å². The Morgan fingerprint density at radius 3 is 2.47 bits per heavy atom. The number of aromatic nitrogens is 1. The van der Waals surface area contributed by atoms with E-state index in [1.165, 1.54) is 37.8 Å². The lowest BCUT2D eigenvalue weighted by Gasteiger charge is -2.11. The molecule has 0 spiro atoms. The Bertz CT molecular complexity index is 1040. The zero-order valence-electron chi connectivity index (χ0n) is 19.8. The number of hydrogen-bond donors (Lipinski definition) is 2. The van der Waals surface area contributed by atoms with Crippen molar-refractivity contribution in [3.8, 4) is 5.75 Å². The van der Waals surface area contributed by atoms with E-state index >= 15 is 0 Å². The fourth-order valence-corrected chi connectivity index (χ4v) is 4.53. The number of hydrogen-bond acceptors (Lipinski definition) is 3. The smallest absolute Gasteiger partial charge is 0.323 e. The SMILES string of the molecule is CCCCCCCCOc1ccc(NC(=O)Nc2cccc(C[n+]3cscc3C)c2)cc1Cl.[Br-]. The Kier molecular flexibility index (Phi) is 12.4. The highest BCUT2D eigenvalue weighted by molar-refractivity contribution is 7.07. The summed E-state index contributed by atoms with van der Waals surface area (Å²) < 4.78 is 7.98. The summed E-state index contributed by atoms with van der Waals surface area (Å²) in [6, 6.07) is 12.9. The van der Waals surface area contributed by atoms with Crippen molar-refractivity contribution in [2.45, 2.75) is 58.9 Å². The number of nitrogens with one attached hydrogen (secondary N) is 2. The van der Waals surface area contributed by atoms with Gasteiger partial charge in [0.15, 0.2) is 12.2 Å². The summed E-state index contributed by atoms with van der Waals surface area (Å²) in [6.07, 6.45) is 7.28. The minimum Gasteiger partial charge on any atom is -1.00 e. The molecule has 0 atom stereocenters. The predicted molar refractivity (Wildman–Crippen MR) is 138 cm³/mol. The first kappa shape index (κ1) is 28.1. The number of aryl methyl sites for hydroxylation is 1. The van der Waals surface area contributed by atoms with Gasteiger partial charge in [0.05, 0.1) is 17.0 Å². The molecule has 0 bridgehead atoms. The number of unbranched alkanes of at least 4 members (excludes halogenated alkanes) is 5. The molecular formula is C26H33BrClN3O2S. The van der Waals surface area contributed by atoms with Crippen LogP contribution >= 0.6 is 22.9 Å². The highest BCUT2D eigenvalue weighted by Gasteiger charge is 2.10. The van der Waals surface area contributed by atoms with Gasteiger partial charge < -0.3 is 32.4 Å². The summed E-state index contributed by atoms with van der Waals surface area (Å²) in [6.45, 7) is 5.72. The first-order chi connectivity index (χ1) is 16.0. The molecule has 0 unspecified atom stereocenters. The topological polar surface area (TPSA) is 54.2 Å². The van der Waals surface area contributed by atoms with Crippen LogP contribution in [0.5, 0.6) is 5.75 Å². The number of carbonyl (C=O) groups is 1. The molecule has 0 aliphatic carbocycles. The van der Waals surface area contributed by atoms with Gasteiger partial charge in [0.1, 0.15) is 5.75 Å². The Morgan fingerprint density at radius 1 is 1.03 bits per heavy atom. The third kappa shape index (κ3) is 9.28. The van der Waals surface area contributed by atoms with Crippen molar-refractivity contribution in [1.82, 2.24) is 0 Å². The van der Waals surface area contributed by atoms with Gasteiger partial charge in [-0.3, -0.25) is 0 Å². The number of thiazole rings is 1. The van der Waals surface area contributed by atoms with E-state index in [9.17, 15) is 4.79 Å². The van der Waals surface area contributed by atoms with Crippen molar-refractivity contribution in [2.24, 2.45) is 0 Å². The second-order valence-corrected chi connectivity index (χ2v) is 9.30. The number of carbonyl (C=O) groups excluding carboxylic acids is 1. The van der Waals surface area contributed by atoms with Crippen molar-refractivity contribution >= 4 is 40.3 Å². The molecule has 0 aliphatic rings. The number of ether oxygens (including phenoxy) is 1. The molecule has 0 aliphatic heterocycles. The summed E-state index contributed by atoms with van der Waals surface area (Å²) in [7, 11) is 0. The molecule has 1 aromatic heterocycles. The number of amides is 2. The van der Waals surface area contributed by atoms with Gasteiger partial charge in [0, 0.05) is 23.9 Å². The number of benzene rings is 2. The maximum atomic E-state index is 12.5. The number of rotatable bonds is 12. The van der Waals surface area contributed by atoms with Crippen molar-refractivity contribution in [3.63, 3.8) is 0 Å². The molecule has 34 heavy (non-hydrogen) atoms. The average molecular weight is 567 g/mol. The zero-order valence-corrected chi connectivity index (χ0v) is 22.9. The van der Waals surface area contributed by atoms with Crippen LogP contribution in [0, 0.1) is 6.92 Å². The summed E-state index contributed by atoms with van der Waals surface area (Å²) in [5, 5.41) is 8.33. The van der Waals surface area contributed by atoms with Gasteiger partial charge in [-0.2, -0.15) is 4.57 Å². The Balaban J connectivity index is 0.00000408. The lowest BCUT2D eigenvalue weighted by atomic mass is 10.1. The standard InChI is InChI=1S/C26H32ClN3O2S.BrH/c1-3-4-5-6-7-8-14-32-25-13-12-23(16-24(25)27)29-26(31)28-22-11-9-10-21(15-22)17-30-19-33-18-20(30)2;/h9-13,15-16,18-19H,3-8,14,17H2,1-2H3,(H-,28,29,31);1H. The molecular weight excluding hydrogens is 534 g/mol. The van der Waals surface area contributed by atoms with Crippen LogP contribution in [-0.2, 0) is 6.54 Å². The number of halogens is 2. The summed E-state index contributed by atoms with van der Waals surface area (Å²) >= 11 is 8.03. The van der Waals surface area contributed by atoms with E-state index in [0.29, 0.717) is 23.1 Å². The Hall–Kier alpha value is -2.09. The van der Waals surface area contributed by atoms with Gasteiger partial charge in [-0.25, -0.2) is 4.79 Å². The first-order valence-electron chi connectivity index (χ1n) is 11.6. The third-order valence-electron chi connectivity index (χ3n) is 5.36. The van der Waals surface area contributed by atoms with Crippen LogP contribution in [0.2, 0.25) is 5.02 Å². The second-order valence-electron chi connectivity index (χ2n) is 8.17. The fraction of sp³-hybridized carbons (Fsp3) is 0.385. The highest BCUT2D eigenvalue weighted by Crippen LogP contribution is 2.28. The maximum absolute atomic E-state index is 12.5. The lowest BCUT2D eigenvalue weighted by molar-refractivity contribution is -0.689. The largest absolute Gasteiger partial charge is 1.00 e. The molecule has 3 rings (SSSR count). The second kappa shape index (κ2) is 15.0. The van der Waals surface area contributed by atoms with Crippen LogP contribution in [0.3, 0.4) is 0 Å². The van der Waals surface area contributed by atoms with E-state index < -0.39 is 0 Å². The monoisotopic (exact) mass is 565 g/mol. The summed E-state index contributed by atoms with van der Waals surface area (Å²) in [5.74, 6) is 0.644. The maximum Gasteiger partial charge on any atom is 0.323 e. The number of urea groups is 1. The molecule has 2 amide bonds. The Labute approximate surface area is 222 Å². The van der Waals surface area contributed by atoms with Crippen LogP contribution in [-0.4, -0.2) is 12.6 Å². The van der Waals surface area contributed by atoms with Gasteiger partial charge in [-0.1, -0.05) is 74.1 Å². The van der Waals surface area contributed by atoms with Crippen molar-refractivity contribution < 1.29 is 31.1 Å². The van der Waals surface area contributed by atoms with Crippen LogP contribution in [0.1, 0.15) is 56.7 Å². The lowest BCUT2D eigenvalue weighted by Crippen LogP contribution is -3.00. The van der Waals surface area contributed by atoms with Crippen LogP contribution < -0.4 is 36.9 Å². The molecule has 2 aromatic carbocycles. The summed E-state index contributed by atoms with van der Waals surface area (Å²) in [4.78, 5) is 12.5. The third-order valence-corrected chi connectivity index (χ3v) is 6.51. The highest BCUT2D eigenvalue weighted by atomic mass is 79.9. The average Bonchev–Trinajstić information content (AvgIpc) is 3.19. The normalized spacial score (nSPS) is 10.4. The van der Waals surface area contributed by atoms with Gasteiger partial charge >= 0.3 is 6.03 Å². The quantitative estimate of drug-likeness (QED) is 0.252. The van der Waals surface area contributed by atoms with E-state index in [4.69, 9.17) is 16.3 Å². The molecule has 0 radical (unpaired) electrons. The van der Waals surface area contributed by atoms with Crippen LogP contribution in [0.15, 0.2) is 53.4 Å². The van der Waals surface area contributed by atoms with Crippen molar-refractivity contribution in [3.05, 3.63) is 69.6 Å². The Morgan fingerprint density at radius 2 is 1.76 bits per heavy atom.